The van der Waals surface area contributed by atoms with Crippen molar-refractivity contribution in [1.29, 1.82) is 0 Å². The molecule has 0 rings (SSSR count). The van der Waals surface area contributed by atoms with Crippen molar-refractivity contribution in [2.75, 3.05) is 5.88 Å². The third kappa shape index (κ3) is 2.19. The Labute approximate surface area is 70.3 Å². The van der Waals surface area contributed by atoms with Crippen LogP contribution >= 0.6 is 11.6 Å². The van der Waals surface area contributed by atoms with Crippen LogP contribution in [0, 0.1) is 5.41 Å². The number of carbonyl (C=O) groups is 2. The Balaban J connectivity index is 4.52. The molecule has 0 radical (unpaired) electrons. The largest absolute Gasteiger partial charge is 0.481 e. The van der Waals surface area contributed by atoms with Gasteiger partial charge in [-0.1, -0.05) is 0 Å². The van der Waals surface area contributed by atoms with Crippen LogP contribution in [-0.2, 0) is 9.59 Å². The highest BCUT2D eigenvalue weighted by Crippen LogP contribution is 2.23. The van der Waals surface area contributed by atoms with E-state index in [1.807, 2.05) is 0 Å². The molecule has 64 valence electrons. The monoisotopic (exact) mass is 178 g/mol. The van der Waals surface area contributed by atoms with Crippen molar-refractivity contribution < 1.29 is 14.7 Å². The van der Waals surface area contributed by atoms with Gasteiger partial charge >= 0.3 is 5.97 Å². The van der Waals surface area contributed by atoms with E-state index in [1.165, 1.54) is 13.8 Å². The van der Waals surface area contributed by atoms with Crippen molar-refractivity contribution in [3.05, 3.63) is 0 Å². The minimum atomic E-state index is -1.30. The van der Waals surface area contributed by atoms with Crippen molar-refractivity contribution in [1.82, 2.24) is 0 Å². The predicted molar refractivity (Wildman–Crippen MR) is 41.8 cm³/mol. The van der Waals surface area contributed by atoms with E-state index in [4.69, 9.17) is 16.7 Å². The van der Waals surface area contributed by atoms with E-state index in [1.54, 1.807) is 0 Å². The number of alkyl halides is 1. The number of ketones is 1. The molecule has 0 spiro atoms. The number of hydrogen-bond donors (Lipinski definition) is 1. The van der Waals surface area contributed by atoms with Crippen molar-refractivity contribution in [3.63, 3.8) is 0 Å². The molecule has 0 amide bonds. The Hall–Kier alpha value is -0.570. The van der Waals surface area contributed by atoms with Crippen LogP contribution in [0.15, 0.2) is 0 Å². The quantitative estimate of drug-likeness (QED) is 0.522. The lowest BCUT2D eigenvalue weighted by Crippen LogP contribution is -2.35. The zero-order chi connectivity index (χ0) is 9.07. The van der Waals surface area contributed by atoms with Crippen LogP contribution in [0.1, 0.15) is 20.3 Å². The second-order valence-corrected chi connectivity index (χ2v) is 3.01. The smallest absolute Gasteiger partial charge is 0.316 e. The van der Waals surface area contributed by atoms with Crippen LogP contribution < -0.4 is 0 Å². The summed E-state index contributed by atoms with van der Waals surface area (Å²) in [6.45, 7) is 2.65. The Morgan fingerprint density at radius 1 is 1.55 bits per heavy atom. The summed E-state index contributed by atoms with van der Waals surface area (Å²) in [7, 11) is 0. The van der Waals surface area contributed by atoms with E-state index in [0.717, 1.165) is 0 Å². The Morgan fingerprint density at radius 3 is 2.09 bits per heavy atom. The van der Waals surface area contributed by atoms with Crippen LogP contribution in [-0.4, -0.2) is 22.7 Å². The number of Topliss-reactive ketones (excluding diaryl/α,β-unsaturated/α-hetero) is 1. The number of aliphatic carboxylic acids is 1. The van der Waals surface area contributed by atoms with Gasteiger partial charge in [-0.15, -0.1) is 11.6 Å². The molecule has 0 heterocycles. The molecule has 0 bridgehead atoms. The van der Waals surface area contributed by atoms with E-state index in [0.29, 0.717) is 0 Å². The van der Waals surface area contributed by atoms with E-state index in [-0.39, 0.29) is 18.1 Å². The Bertz CT molecular complexity index is 163. The van der Waals surface area contributed by atoms with Crippen LogP contribution in [0.5, 0.6) is 0 Å². The average molecular weight is 179 g/mol. The first-order valence-corrected chi connectivity index (χ1v) is 3.79. The van der Waals surface area contributed by atoms with E-state index >= 15 is 0 Å². The van der Waals surface area contributed by atoms with Gasteiger partial charge in [-0.2, -0.15) is 0 Å². The van der Waals surface area contributed by atoms with E-state index < -0.39 is 11.4 Å². The SMILES string of the molecule is CC(=O)C(C)(CCCl)C(=O)O. The fourth-order valence-electron chi connectivity index (χ4n) is 0.623. The first kappa shape index (κ1) is 10.4. The predicted octanol–water partition coefficient (Wildman–Crippen LogP) is 1.30. The molecule has 0 aromatic heterocycles. The molecule has 1 N–H and O–H groups in total. The maximum atomic E-state index is 10.9. The zero-order valence-corrected chi connectivity index (χ0v) is 7.31. The minimum Gasteiger partial charge on any atom is -0.481 e. The topological polar surface area (TPSA) is 54.4 Å². The number of carboxylic acids is 1. The van der Waals surface area contributed by atoms with Crippen molar-refractivity contribution in [3.8, 4) is 0 Å². The maximum absolute atomic E-state index is 10.9. The third-order valence-corrected chi connectivity index (χ3v) is 2.03. The highest BCUT2D eigenvalue weighted by atomic mass is 35.5. The molecule has 3 nitrogen and oxygen atoms in total. The lowest BCUT2D eigenvalue weighted by Gasteiger charge is -2.19. The third-order valence-electron chi connectivity index (χ3n) is 1.84. The zero-order valence-electron chi connectivity index (χ0n) is 6.56. The number of carboxylic acid groups (broad SMARTS) is 1. The number of halogens is 1. The van der Waals surface area contributed by atoms with Crippen LogP contribution in [0.2, 0.25) is 0 Å². The summed E-state index contributed by atoms with van der Waals surface area (Å²) >= 11 is 5.36. The molecule has 0 aliphatic heterocycles. The Morgan fingerprint density at radius 2 is 2.00 bits per heavy atom. The van der Waals surface area contributed by atoms with Crippen molar-refractivity contribution >= 4 is 23.4 Å². The molecule has 0 aromatic rings. The first-order chi connectivity index (χ1) is 4.95. The molecule has 1 atom stereocenters. The standard InChI is InChI=1S/C7H11ClO3/c1-5(9)7(2,3-4-8)6(10)11/h3-4H2,1-2H3,(H,10,11). The van der Waals surface area contributed by atoms with Crippen LogP contribution in [0.4, 0.5) is 0 Å². The summed E-state index contributed by atoms with van der Waals surface area (Å²) in [5, 5.41) is 8.65. The lowest BCUT2D eigenvalue weighted by molar-refractivity contribution is -0.153. The highest BCUT2D eigenvalue weighted by Gasteiger charge is 2.37. The molecule has 11 heavy (non-hydrogen) atoms. The van der Waals surface area contributed by atoms with Crippen LogP contribution in [0.3, 0.4) is 0 Å². The number of rotatable bonds is 4. The Kier molecular flexibility index (Phi) is 3.52. The summed E-state index contributed by atoms with van der Waals surface area (Å²) in [6, 6.07) is 0. The van der Waals surface area contributed by atoms with Gasteiger partial charge in [0.2, 0.25) is 0 Å². The summed E-state index contributed by atoms with van der Waals surface area (Å²) in [6.07, 6.45) is 0.180. The van der Waals surface area contributed by atoms with Gasteiger partial charge in [0, 0.05) is 5.88 Å². The van der Waals surface area contributed by atoms with Crippen LogP contribution in [0.25, 0.3) is 0 Å². The number of carbonyl (C=O) groups excluding carboxylic acids is 1. The molecule has 4 heteroatoms. The van der Waals surface area contributed by atoms with Gasteiger partial charge in [-0.05, 0) is 20.3 Å². The van der Waals surface area contributed by atoms with Gasteiger partial charge in [0.1, 0.15) is 11.2 Å². The van der Waals surface area contributed by atoms with Gasteiger partial charge in [-0.25, -0.2) is 0 Å². The minimum absolute atomic E-state index is 0.180. The summed E-state index contributed by atoms with van der Waals surface area (Å²) in [4.78, 5) is 21.4. The second kappa shape index (κ2) is 3.72. The van der Waals surface area contributed by atoms with Gasteiger partial charge in [-0.3, -0.25) is 9.59 Å². The molecule has 0 aliphatic rings. The fourth-order valence-corrected chi connectivity index (χ4v) is 1.00. The first-order valence-electron chi connectivity index (χ1n) is 3.25. The van der Waals surface area contributed by atoms with E-state index in [9.17, 15) is 9.59 Å². The van der Waals surface area contributed by atoms with E-state index in [2.05, 4.69) is 0 Å². The van der Waals surface area contributed by atoms with Gasteiger partial charge in [0.25, 0.3) is 0 Å². The summed E-state index contributed by atoms with van der Waals surface area (Å²) in [5.41, 5.74) is -1.30. The maximum Gasteiger partial charge on any atom is 0.316 e. The van der Waals surface area contributed by atoms with Crippen molar-refractivity contribution in [2.45, 2.75) is 20.3 Å². The molecular weight excluding hydrogens is 168 g/mol. The summed E-state index contributed by atoms with van der Waals surface area (Å²) in [5.74, 6) is -1.28. The molecule has 0 aromatic carbocycles. The number of hydrogen-bond acceptors (Lipinski definition) is 2. The fraction of sp³-hybridized carbons (Fsp3) is 0.714. The lowest BCUT2D eigenvalue weighted by atomic mass is 9.84. The molecular formula is C7H11ClO3. The van der Waals surface area contributed by atoms with Gasteiger partial charge < -0.3 is 5.11 Å². The molecule has 0 saturated carbocycles. The summed E-state index contributed by atoms with van der Waals surface area (Å²) < 4.78 is 0. The van der Waals surface area contributed by atoms with Crippen molar-refractivity contribution in [2.24, 2.45) is 5.41 Å². The molecule has 0 saturated heterocycles. The highest BCUT2D eigenvalue weighted by molar-refractivity contribution is 6.18. The van der Waals surface area contributed by atoms with Gasteiger partial charge in [0.15, 0.2) is 0 Å². The normalized spacial score (nSPS) is 15.5. The average Bonchev–Trinajstić information content (AvgIpc) is 1.87. The second-order valence-electron chi connectivity index (χ2n) is 2.63. The van der Waals surface area contributed by atoms with Gasteiger partial charge in [0.05, 0.1) is 0 Å². The molecule has 0 aliphatic carbocycles. The molecule has 0 fully saturated rings. The molecule has 1 unspecified atom stereocenters.